The number of thiophene rings is 1. The number of ether oxygens (including phenoxy) is 1. The molecular weight excluding hydrogens is 322 g/mol. The van der Waals surface area contributed by atoms with Gasteiger partial charge in [0, 0.05) is 10.4 Å². The molecule has 3 aromatic rings. The molecule has 5 heteroatoms. The summed E-state index contributed by atoms with van der Waals surface area (Å²) in [6.45, 7) is 3.51. The highest BCUT2D eigenvalue weighted by Gasteiger charge is 2.20. The van der Waals surface area contributed by atoms with Crippen LogP contribution in [0.25, 0.3) is 10.1 Å². The standard InChI is InChI=1S/C19H17NO3S/c1-12-6-5-8-15(10-12)20-18(21)13(2)23-19(22)17-11-14-7-3-4-9-16(14)24-17/h3-11,13H,1-2H3,(H,20,21)/t13-/m1/s1. The van der Waals surface area contributed by atoms with E-state index in [2.05, 4.69) is 5.32 Å². The molecule has 2 aromatic carbocycles. The third-order valence-corrected chi connectivity index (χ3v) is 4.66. The van der Waals surface area contributed by atoms with Crippen LogP contribution in [0, 0.1) is 6.92 Å². The monoisotopic (exact) mass is 339 g/mol. The summed E-state index contributed by atoms with van der Waals surface area (Å²) in [4.78, 5) is 24.9. The van der Waals surface area contributed by atoms with Gasteiger partial charge in [0.25, 0.3) is 5.91 Å². The number of amides is 1. The van der Waals surface area contributed by atoms with Gasteiger partial charge in [0.15, 0.2) is 6.10 Å². The molecule has 0 unspecified atom stereocenters. The van der Waals surface area contributed by atoms with E-state index in [1.54, 1.807) is 19.1 Å². The lowest BCUT2D eigenvalue weighted by atomic mass is 10.2. The molecular formula is C19H17NO3S. The van der Waals surface area contributed by atoms with Crippen LogP contribution in [-0.2, 0) is 9.53 Å². The van der Waals surface area contributed by atoms with Crippen molar-refractivity contribution in [1.82, 2.24) is 0 Å². The van der Waals surface area contributed by atoms with Crippen LogP contribution >= 0.6 is 11.3 Å². The molecule has 0 spiro atoms. The van der Waals surface area contributed by atoms with Gasteiger partial charge in [-0.05, 0) is 49.1 Å². The van der Waals surface area contributed by atoms with E-state index in [9.17, 15) is 9.59 Å². The molecule has 0 radical (unpaired) electrons. The number of hydrogen-bond donors (Lipinski definition) is 1. The van der Waals surface area contributed by atoms with Gasteiger partial charge in [0.05, 0.1) is 0 Å². The van der Waals surface area contributed by atoms with E-state index in [0.717, 1.165) is 15.6 Å². The highest BCUT2D eigenvalue weighted by atomic mass is 32.1. The Hall–Kier alpha value is -2.66. The molecule has 4 nitrogen and oxygen atoms in total. The number of esters is 1. The Labute approximate surface area is 144 Å². The van der Waals surface area contributed by atoms with E-state index in [-0.39, 0.29) is 5.91 Å². The van der Waals surface area contributed by atoms with E-state index in [4.69, 9.17) is 4.74 Å². The lowest BCUT2D eigenvalue weighted by Crippen LogP contribution is -2.29. The average molecular weight is 339 g/mol. The zero-order chi connectivity index (χ0) is 17.1. The molecule has 3 rings (SSSR count). The molecule has 0 aliphatic rings. The molecule has 0 bridgehead atoms. The Morgan fingerprint density at radius 3 is 2.62 bits per heavy atom. The van der Waals surface area contributed by atoms with Crippen LogP contribution in [0.5, 0.6) is 0 Å². The summed E-state index contributed by atoms with van der Waals surface area (Å²) in [7, 11) is 0. The second kappa shape index (κ2) is 6.84. The number of aryl methyl sites for hydroxylation is 1. The summed E-state index contributed by atoms with van der Waals surface area (Å²) < 4.78 is 6.30. The number of carbonyl (C=O) groups excluding carboxylic acids is 2. The van der Waals surface area contributed by atoms with Crippen molar-refractivity contribution in [3.8, 4) is 0 Å². The van der Waals surface area contributed by atoms with Crippen molar-refractivity contribution in [2.45, 2.75) is 20.0 Å². The minimum Gasteiger partial charge on any atom is -0.448 e. The van der Waals surface area contributed by atoms with Crippen LogP contribution in [0.4, 0.5) is 5.69 Å². The summed E-state index contributed by atoms with van der Waals surface area (Å²) >= 11 is 1.36. The van der Waals surface area contributed by atoms with E-state index >= 15 is 0 Å². The molecule has 0 saturated heterocycles. The number of rotatable bonds is 4. The van der Waals surface area contributed by atoms with E-state index in [1.807, 2.05) is 49.4 Å². The maximum atomic E-state index is 12.2. The van der Waals surface area contributed by atoms with Gasteiger partial charge < -0.3 is 10.1 Å². The van der Waals surface area contributed by atoms with Gasteiger partial charge in [-0.15, -0.1) is 11.3 Å². The molecule has 0 aliphatic heterocycles. The van der Waals surface area contributed by atoms with Crippen molar-refractivity contribution >= 4 is 39.0 Å². The Kier molecular flexibility index (Phi) is 4.62. The van der Waals surface area contributed by atoms with Crippen molar-refractivity contribution in [3.05, 3.63) is 65.0 Å². The Bertz CT molecular complexity index is 867. The van der Waals surface area contributed by atoms with Crippen molar-refractivity contribution in [2.75, 3.05) is 5.32 Å². The second-order valence-electron chi connectivity index (χ2n) is 5.55. The van der Waals surface area contributed by atoms with Gasteiger partial charge in [0.1, 0.15) is 4.88 Å². The molecule has 0 saturated carbocycles. The first-order valence-corrected chi connectivity index (χ1v) is 8.41. The Morgan fingerprint density at radius 2 is 1.88 bits per heavy atom. The van der Waals surface area contributed by atoms with Crippen LogP contribution in [0.1, 0.15) is 22.2 Å². The van der Waals surface area contributed by atoms with Crippen LogP contribution < -0.4 is 5.32 Å². The summed E-state index contributed by atoms with van der Waals surface area (Å²) in [5.74, 6) is -0.835. The molecule has 1 atom stereocenters. The van der Waals surface area contributed by atoms with E-state index in [1.165, 1.54) is 11.3 Å². The zero-order valence-electron chi connectivity index (χ0n) is 13.4. The fourth-order valence-electron chi connectivity index (χ4n) is 2.32. The highest BCUT2D eigenvalue weighted by Crippen LogP contribution is 2.26. The topological polar surface area (TPSA) is 55.4 Å². The quantitative estimate of drug-likeness (QED) is 0.717. The highest BCUT2D eigenvalue weighted by molar-refractivity contribution is 7.20. The first-order chi connectivity index (χ1) is 11.5. The Morgan fingerprint density at radius 1 is 1.08 bits per heavy atom. The average Bonchev–Trinajstić information content (AvgIpc) is 2.99. The van der Waals surface area contributed by atoms with Gasteiger partial charge in [-0.3, -0.25) is 4.79 Å². The minimum absolute atomic E-state index is 0.352. The third-order valence-electron chi connectivity index (χ3n) is 3.57. The molecule has 1 heterocycles. The normalized spacial score (nSPS) is 11.9. The number of nitrogens with one attached hydrogen (secondary N) is 1. The molecule has 122 valence electrons. The maximum absolute atomic E-state index is 12.2. The fourth-order valence-corrected chi connectivity index (χ4v) is 3.27. The fraction of sp³-hybridized carbons (Fsp3) is 0.158. The van der Waals surface area contributed by atoms with E-state index in [0.29, 0.717) is 10.6 Å². The maximum Gasteiger partial charge on any atom is 0.349 e. The lowest BCUT2D eigenvalue weighted by molar-refractivity contribution is -0.123. The Balaban J connectivity index is 1.65. The summed E-state index contributed by atoms with van der Waals surface area (Å²) in [5, 5.41) is 3.75. The largest absolute Gasteiger partial charge is 0.448 e. The van der Waals surface area contributed by atoms with Gasteiger partial charge in [-0.25, -0.2) is 4.79 Å². The summed E-state index contributed by atoms with van der Waals surface area (Å²) in [6, 6.07) is 17.0. The summed E-state index contributed by atoms with van der Waals surface area (Å²) in [6.07, 6.45) is -0.872. The van der Waals surface area contributed by atoms with Crippen LogP contribution in [0.15, 0.2) is 54.6 Å². The lowest BCUT2D eigenvalue weighted by Gasteiger charge is -2.13. The van der Waals surface area contributed by atoms with Crippen molar-refractivity contribution in [3.63, 3.8) is 0 Å². The molecule has 0 aliphatic carbocycles. The molecule has 24 heavy (non-hydrogen) atoms. The summed E-state index contributed by atoms with van der Waals surface area (Å²) in [5.41, 5.74) is 1.73. The molecule has 1 amide bonds. The molecule has 0 fully saturated rings. The third kappa shape index (κ3) is 3.63. The number of benzene rings is 2. The number of fused-ring (bicyclic) bond motifs is 1. The van der Waals surface area contributed by atoms with Gasteiger partial charge in [0.2, 0.25) is 0 Å². The first-order valence-electron chi connectivity index (χ1n) is 7.60. The SMILES string of the molecule is Cc1cccc(NC(=O)[C@@H](C)OC(=O)c2cc3ccccc3s2)c1. The predicted molar refractivity (Wildman–Crippen MR) is 96.5 cm³/mol. The van der Waals surface area contributed by atoms with Crippen molar-refractivity contribution in [2.24, 2.45) is 0 Å². The van der Waals surface area contributed by atoms with Crippen molar-refractivity contribution in [1.29, 1.82) is 0 Å². The second-order valence-corrected chi connectivity index (χ2v) is 6.64. The van der Waals surface area contributed by atoms with Crippen LogP contribution in [0.3, 0.4) is 0 Å². The molecule has 1 aromatic heterocycles. The number of carbonyl (C=O) groups is 2. The van der Waals surface area contributed by atoms with Crippen LogP contribution in [-0.4, -0.2) is 18.0 Å². The number of anilines is 1. The zero-order valence-corrected chi connectivity index (χ0v) is 14.2. The minimum atomic E-state index is -0.872. The number of hydrogen-bond acceptors (Lipinski definition) is 4. The van der Waals surface area contributed by atoms with Gasteiger partial charge in [-0.1, -0.05) is 30.3 Å². The smallest absolute Gasteiger partial charge is 0.349 e. The van der Waals surface area contributed by atoms with Gasteiger partial charge >= 0.3 is 5.97 Å². The predicted octanol–water partition coefficient (Wildman–Crippen LogP) is 4.39. The van der Waals surface area contributed by atoms with Gasteiger partial charge in [-0.2, -0.15) is 0 Å². The van der Waals surface area contributed by atoms with Crippen molar-refractivity contribution < 1.29 is 14.3 Å². The van der Waals surface area contributed by atoms with E-state index < -0.39 is 12.1 Å². The van der Waals surface area contributed by atoms with Crippen LogP contribution in [0.2, 0.25) is 0 Å². The first kappa shape index (κ1) is 16.2. The molecule has 1 N–H and O–H groups in total.